The summed E-state index contributed by atoms with van der Waals surface area (Å²) in [5, 5.41) is 0. The van der Waals surface area contributed by atoms with Gasteiger partial charge < -0.3 is 20.2 Å². The number of hydrogen-bond donors (Lipinski definition) is 1. The zero-order valence-electron chi connectivity index (χ0n) is 11.3. The molecule has 0 fully saturated rings. The van der Waals surface area contributed by atoms with Crippen LogP contribution in [0, 0.1) is 0 Å². The van der Waals surface area contributed by atoms with Gasteiger partial charge in [-0.2, -0.15) is 0 Å². The van der Waals surface area contributed by atoms with Gasteiger partial charge in [-0.1, -0.05) is 0 Å². The first-order valence-electron chi connectivity index (χ1n) is 6.18. The summed E-state index contributed by atoms with van der Waals surface area (Å²) in [6, 6.07) is 6.33. The lowest BCUT2D eigenvalue weighted by Gasteiger charge is -2.24. The van der Waals surface area contributed by atoms with Crippen LogP contribution in [-0.2, 0) is 4.74 Å². The third-order valence-corrected chi connectivity index (χ3v) is 2.89. The molecule has 0 saturated carbocycles. The highest BCUT2D eigenvalue weighted by atomic mass is 35.5. The van der Waals surface area contributed by atoms with E-state index in [9.17, 15) is 9.59 Å². The maximum atomic E-state index is 12.3. The molecule has 1 aromatic rings. The molecule has 0 aromatic heterocycles. The van der Waals surface area contributed by atoms with E-state index >= 15 is 0 Å². The van der Waals surface area contributed by atoms with Crippen LogP contribution in [0.15, 0.2) is 24.3 Å². The van der Waals surface area contributed by atoms with E-state index in [-0.39, 0.29) is 5.91 Å². The Bertz CT molecular complexity index is 451. The number of ether oxygens (including phenoxy) is 1. The van der Waals surface area contributed by atoms with Crippen molar-refractivity contribution in [3.05, 3.63) is 40.2 Å². The van der Waals surface area contributed by atoms with Crippen molar-refractivity contribution in [2.75, 3.05) is 33.3 Å². The van der Waals surface area contributed by atoms with Gasteiger partial charge in [0.2, 0.25) is 0 Å². The van der Waals surface area contributed by atoms with E-state index in [0.717, 1.165) is 0 Å². The monoisotopic (exact) mass is 299 g/mol. The van der Waals surface area contributed by atoms with Gasteiger partial charge in [-0.3, -0.25) is 16.6 Å². The SMILES string of the molecule is COC(=O)c1ccc(C(=O)N(CC[NH3+])CC[N-]Cl)cc1. The second-order valence-corrected chi connectivity index (χ2v) is 4.30. The minimum atomic E-state index is -0.431. The number of benzene rings is 1. The zero-order chi connectivity index (χ0) is 15.0. The minimum Gasteiger partial charge on any atom is -0.574 e. The molecule has 0 atom stereocenters. The van der Waals surface area contributed by atoms with Gasteiger partial charge in [0.15, 0.2) is 0 Å². The van der Waals surface area contributed by atoms with Crippen LogP contribution in [0.2, 0.25) is 0 Å². The molecule has 0 heterocycles. The molecule has 6 nitrogen and oxygen atoms in total. The molecule has 1 aromatic carbocycles. The lowest BCUT2D eigenvalue weighted by Crippen LogP contribution is -2.56. The quantitative estimate of drug-likeness (QED) is 0.751. The van der Waals surface area contributed by atoms with Crippen LogP contribution in [0.5, 0.6) is 0 Å². The average Bonchev–Trinajstić information content (AvgIpc) is 2.50. The van der Waals surface area contributed by atoms with E-state index in [1.165, 1.54) is 7.11 Å². The summed E-state index contributed by atoms with van der Waals surface area (Å²) >= 11 is 5.29. The highest BCUT2D eigenvalue weighted by Crippen LogP contribution is 2.09. The van der Waals surface area contributed by atoms with Crippen molar-refractivity contribution in [2.24, 2.45) is 0 Å². The van der Waals surface area contributed by atoms with Crippen molar-refractivity contribution in [1.29, 1.82) is 0 Å². The van der Waals surface area contributed by atoms with E-state index in [2.05, 4.69) is 15.3 Å². The van der Waals surface area contributed by atoms with Gasteiger partial charge in [0.25, 0.3) is 5.91 Å². The molecule has 110 valence electrons. The fraction of sp³-hybridized carbons (Fsp3) is 0.385. The number of hydrogen-bond acceptors (Lipinski definition) is 3. The maximum Gasteiger partial charge on any atom is 0.337 e. The van der Waals surface area contributed by atoms with Gasteiger partial charge >= 0.3 is 5.97 Å². The standard InChI is InChI=1S/C13H17ClN3O3/c1-20-13(19)11-4-2-10(3-5-11)12(18)17(8-6-15)9-7-16-14/h2-5H,6-9,15H2,1H3/q-1/p+1. The van der Waals surface area contributed by atoms with E-state index in [4.69, 9.17) is 11.8 Å². The van der Waals surface area contributed by atoms with Crippen LogP contribution >= 0.6 is 11.8 Å². The number of methoxy groups -OCH3 is 1. The molecule has 3 N–H and O–H groups in total. The fourth-order valence-corrected chi connectivity index (χ4v) is 1.79. The Morgan fingerprint density at radius 2 is 1.85 bits per heavy atom. The van der Waals surface area contributed by atoms with Crippen molar-refractivity contribution in [2.45, 2.75) is 0 Å². The molecule has 0 aliphatic carbocycles. The Kier molecular flexibility index (Phi) is 7.00. The van der Waals surface area contributed by atoms with Crippen molar-refractivity contribution in [3.8, 4) is 0 Å². The highest BCUT2D eigenvalue weighted by molar-refractivity contribution is 6.24. The third-order valence-electron chi connectivity index (χ3n) is 2.72. The Hall–Kier alpha value is -1.63. The first-order chi connectivity index (χ1) is 9.63. The zero-order valence-corrected chi connectivity index (χ0v) is 12.1. The number of rotatable bonds is 7. The molecule has 0 spiro atoms. The molecule has 0 unspecified atom stereocenters. The van der Waals surface area contributed by atoms with E-state index in [0.29, 0.717) is 37.3 Å². The first-order valence-corrected chi connectivity index (χ1v) is 6.52. The van der Waals surface area contributed by atoms with Gasteiger partial charge in [0.05, 0.1) is 25.8 Å². The predicted octanol–water partition coefficient (Wildman–Crippen LogP) is 0.685. The molecule has 1 rings (SSSR count). The van der Waals surface area contributed by atoms with Crippen LogP contribution in [-0.4, -0.2) is 50.1 Å². The molecule has 7 heteroatoms. The Labute approximate surface area is 122 Å². The van der Waals surface area contributed by atoms with E-state index in [1.807, 2.05) is 0 Å². The van der Waals surface area contributed by atoms with Crippen LogP contribution in [0.3, 0.4) is 0 Å². The topological polar surface area (TPSA) is 88.3 Å². The van der Waals surface area contributed by atoms with Crippen LogP contribution in [0.25, 0.3) is 4.84 Å². The van der Waals surface area contributed by atoms with Crippen molar-refractivity contribution in [3.63, 3.8) is 0 Å². The van der Waals surface area contributed by atoms with Gasteiger partial charge in [-0.15, -0.1) is 6.54 Å². The molecular formula is C13H18ClN3O3. The van der Waals surface area contributed by atoms with E-state index in [1.54, 1.807) is 29.2 Å². The maximum absolute atomic E-state index is 12.3. The summed E-state index contributed by atoms with van der Waals surface area (Å²) in [7, 11) is 1.31. The van der Waals surface area contributed by atoms with Gasteiger partial charge in [0, 0.05) is 12.1 Å². The van der Waals surface area contributed by atoms with Crippen molar-refractivity contribution in [1.82, 2.24) is 4.90 Å². The summed E-state index contributed by atoms with van der Waals surface area (Å²) in [4.78, 5) is 28.7. The van der Waals surface area contributed by atoms with Crippen LogP contribution in [0.4, 0.5) is 0 Å². The number of esters is 1. The summed E-state index contributed by atoms with van der Waals surface area (Å²) < 4.78 is 4.61. The molecule has 0 bridgehead atoms. The Morgan fingerprint density at radius 1 is 1.25 bits per heavy atom. The molecule has 20 heavy (non-hydrogen) atoms. The van der Waals surface area contributed by atoms with Crippen LogP contribution < -0.4 is 5.73 Å². The number of carbonyl (C=O) groups excluding carboxylic acids is 2. The molecule has 0 aliphatic rings. The summed E-state index contributed by atoms with van der Waals surface area (Å²) in [5.74, 6) is -0.565. The second-order valence-electron chi connectivity index (χ2n) is 4.06. The fourth-order valence-electron chi connectivity index (χ4n) is 1.71. The summed E-state index contributed by atoms with van der Waals surface area (Å²) in [5.41, 5.74) is 4.65. The number of quaternary nitrogens is 1. The number of nitrogens with zero attached hydrogens (tertiary/aromatic N) is 2. The van der Waals surface area contributed by atoms with E-state index < -0.39 is 5.97 Å². The molecule has 1 amide bonds. The third kappa shape index (κ3) is 4.48. The van der Waals surface area contributed by atoms with Crippen molar-refractivity contribution >= 4 is 23.7 Å². The lowest BCUT2D eigenvalue weighted by molar-refractivity contribution is -0.367. The molecular weight excluding hydrogens is 282 g/mol. The largest absolute Gasteiger partial charge is 0.574 e. The minimum absolute atomic E-state index is 0.134. The van der Waals surface area contributed by atoms with Crippen LogP contribution in [0.1, 0.15) is 20.7 Å². The number of amides is 1. The highest BCUT2D eigenvalue weighted by Gasteiger charge is 2.15. The smallest absolute Gasteiger partial charge is 0.337 e. The summed E-state index contributed by atoms with van der Waals surface area (Å²) in [6.45, 7) is 1.95. The van der Waals surface area contributed by atoms with Gasteiger partial charge in [-0.05, 0) is 24.3 Å². The molecule has 0 aliphatic heterocycles. The molecule has 0 saturated heterocycles. The number of carbonyl (C=O) groups is 2. The van der Waals surface area contributed by atoms with Gasteiger partial charge in [0.1, 0.15) is 0 Å². The first kappa shape index (κ1) is 16.4. The number of halogens is 1. The lowest BCUT2D eigenvalue weighted by atomic mass is 10.1. The normalized spacial score (nSPS) is 10.2. The second kappa shape index (κ2) is 8.52. The Morgan fingerprint density at radius 3 is 2.35 bits per heavy atom. The molecule has 0 radical (unpaired) electrons. The van der Waals surface area contributed by atoms with Crippen molar-refractivity contribution < 1.29 is 20.1 Å². The Balaban J connectivity index is 2.80. The summed E-state index contributed by atoms with van der Waals surface area (Å²) in [6.07, 6.45) is 0. The van der Waals surface area contributed by atoms with Gasteiger partial charge in [-0.25, -0.2) is 4.79 Å². The predicted molar refractivity (Wildman–Crippen MR) is 75.5 cm³/mol. The average molecular weight is 300 g/mol.